The largest absolute Gasteiger partial charge is 0.332 e. The molecule has 2 aromatic rings. The summed E-state index contributed by atoms with van der Waals surface area (Å²) in [5, 5.41) is 2.32. The molecule has 0 spiro atoms. The van der Waals surface area contributed by atoms with Crippen molar-refractivity contribution in [1.29, 1.82) is 0 Å². The van der Waals surface area contributed by atoms with Gasteiger partial charge in [-0.1, -0.05) is 42.5 Å². The van der Waals surface area contributed by atoms with E-state index in [2.05, 4.69) is 12.1 Å². The maximum absolute atomic E-state index is 5.66. The van der Waals surface area contributed by atoms with Crippen LogP contribution in [0.4, 0.5) is 0 Å². The highest BCUT2D eigenvalue weighted by atomic mass is 14.6. The van der Waals surface area contributed by atoms with Crippen molar-refractivity contribution in [3.63, 3.8) is 0 Å². The van der Waals surface area contributed by atoms with Crippen LogP contribution in [0.5, 0.6) is 0 Å². The SMILES string of the molecule is [B]C(N)c1cccc2ccccc12. The molecular formula is C11H10BN. The fourth-order valence-electron chi connectivity index (χ4n) is 1.54. The number of hydrogen-bond acceptors (Lipinski definition) is 1. The predicted octanol–water partition coefficient (Wildman–Crippen LogP) is 1.97. The first kappa shape index (κ1) is 8.33. The van der Waals surface area contributed by atoms with Crippen molar-refractivity contribution in [3.8, 4) is 0 Å². The number of hydrogen-bond donors (Lipinski definition) is 1. The van der Waals surface area contributed by atoms with E-state index in [9.17, 15) is 0 Å². The maximum atomic E-state index is 5.66. The van der Waals surface area contributed by atoms with Gasteiger partial charge in [-0.15, -0.1) is 0 Å². The summed E-state index contributed by atoms with van der Waals surface area (Å²) in [5.74, 6) is -0.397. The topological polar surface area (TPSA) is 26.0 Å². The van der Waals surface area contributed by atoms with Crippen LogP contribution in [0.3, 0.4) is 0 Å². The van der Waals surface area contributed by atoms with Gasteiger partial charge in [-0.25, -0.2) is 0 Å². The van der Waals surface area contributed by atoms with Gasteiger partial charge in [-0.05, 0) is 22.3 Å². The van der Waals surface area contributed by atoms with Gasteiger partial charge in [-0.2, -0.15) is 0 Å². The van der Waals surface area contributed by atoms with Crippen LogP contribution in [0.15, 0.2) is 42.5 Å². The third-order valence-electron chi connectivity index (χ3n) is 2.18. The van der Waals surface area contributed by atoms with Crippen molar-refractivity contribution in [2.75, 3.05) is 0 Å². The molecule has 0 aliphatic heterocycles. The van der Waals surface area contributed by atoms with Gasteiger partial charge >= 0.3 is 0 Å². The Bertz CT molecular complexity index is 418. The minimum atomic E-state index is -0.397. The zero-order valence-corrected chi connectivity index (χ0v) is 7.27. The molecule has 0 saturated heterocycles. The van der Waals surface area contributed by atoms with Gasteiger partial charge in [0.25, 0.3) is 0 Å². The Morgan fingerprint density at radius 1 is 1.00 bits per heavy atom. The number of nitrogens with two attached hydrogens (primary N) is 1. The lowest BCUT2D eigenvalue weighted by Gasteiger charge is -2.09. The van der Waals surface area contributed by atoms with E-state index >= 15 is 0 Å². The zero-order chi connectivity index (χ0) is 9.26. The number of benzene rings is 2. The van der Waals surface area contributed by atoms with E-state index in [0.717, 1.165) is 10.9 Å². The molecule has 0 aliphatic carbocycles. The molecule has 13 heavy (non-hydrogen) atoms. The third kappa shape index (κ3) is 1.45. The molecule has 0 heterocycles. The Morgan fingerprint density at radius 3 is 2.46 bits per heavy atom. The Balaban J connectivity index is 2.76. The summed E-state index contributed by atoms with van der Waals surface area (Å²) in [4.78, 5) is 0. The van der Waals surface area contributed by atoms with Crippen LogP contribution in [0, 0.1) is 0 Å². The molecule has 1 unspecified atom stereocenters. The highest BCUT2D eigenvalue weighted by Gasteiger charge is 2.02. The maximum Gasteiger partial charge on any atom is 0.0968 e. The Hall–Kier alpha value is -1.28. The normalized spacial score (nSPS) is 13.0. The van der Waals surface area contributed by atoms with Crippen LogP contribution < -0.4 is 5.73 Å². The van der Waals surface area contributed by atoms with Crippen LogP contribution in [0.2, 0.25) is 0 Å². The summed E-state index contributed by atoms with van der Waals surface area (Å²) in [6, 6.07) is 14.1. The first-order valence-electron chi connectivity index (χ1n) is 4.28. The molecule has 2 aromatic carbocycles. The van der Waals surface area contributed by atoms with Crippen molar-refractivity contribution >= 4 is 18.6 Å². The fourth-order valence-corrected chi connectivity index (χ4v) is 1.54. The average Bonchev–Trinajstić information content (AvgIpc) is 2.17. The van der Waals surface area contributed by atoms with Gasteiger partial charge in [0.1, 0.15) is 0 Å². The van der Waals surface area contributed by atoms with Gasteiger partial charge in [0.05, 0.1) is 7.85 Å². The lowest BCUT2D eigenvalue weighted by molar-refractivity contribution is 1.03. The van der Waals surface area contributed by atoms with E-state index < -0.39 is 5.94 Å². The van der Waals surface area contributed by atoms with Crippen molar-refractivity contribution < 1.29 is 0 Å². The molecule has 0 saturated carbocycles. The lowest BCUT2D eigenvalue weighted by Crippen LogP contribution is -2.09. The molecule has 0 aliphatic rings. The molecule has 62 valence electrons. The molecule has 2 heteroatoms. The molecule has 0 bridgehead atoms. The van der Waals surface area contributed by atoms with E-state index in [4.69, 9.17) is 13.6 Å². The molecule has 1 nitrogen and oxygen atoms in total. The smallest absolute Gasteiger partial charge is 0.0968 e. The average molecular weight is 167 g/mol. The molecule has 0 fully saturated rings. The quantitative estimate of drug-likeness (QED) is 0.645. The molecule has 0 amide bonds. The lowest BCUT2D eigenvalue weighted by atomic mass is 9.87. The van der Waals surface area contributed by atoms with Gasteiger partial charge in [-0.3, -0.25) is 0 Å². The monoisotopic (exact) mass is 167 g/mol. The van der Waals surface area contributed by atoms with E-state index in [0.29, 0.717) is 0 Å². The number of fused-ring (bicyclic) bond motifs is 1. The van der Waals surface area contributed by atoms with Crippen molar-refractivity contribution in [3.05, 3.63) is 48.0 Å². The van der Waals surface area contributed by atoms with E-state index in [-0.39, 0.29) is 0 Å². The second-order valence-electron chi connectivity index (χ2n) is 3.09. The summed E-state index contributed by atoms with van der Waals surface area (Å²) in [5.41, 5.74) is 6.66. The summed E-state index contributed by atoms with van der Waals surface area (Å²) in [7, 11) is 5.66. The van der Waals surface area contributed by atoms with Crippen LogP contribution in [-0.2, 0) is 0 Å². The van der Waals surface area contributed by atoms with Crippen LogP contribution in [0.25, 0.3) is 10.8 Å². The van der Waals surface area contributed by atoms with Crippen molar-refractivity contribution in [1.82, 2.24) is 0 Å². The Morgan fingerprint density at radius 2 is 1.69 bits per heavy atom. The number of rotatable bonds is 1. The van der Waals surface area contributed by atoms with E-state index in [1.807, 2.05) is 30.3 Å². The third-order valence-corrected chi connectivity index (χ3v) is 2.18. The standard InChI is InChI=1S/C11H10BN/c12-11(13)10-7-3-5-8-4-1-2-6-9(8)10/h1-7,11H,13H2. The first-order valence-corrected chi connectivity index (χ1v) is 4.28. The molecule has 1 atom stereocenters. The molecular weight excluding hydrogens is 157 g/mol. The Labute approximate surface area is 79.0 Å². The van der Waals surface area contributed by atoms with Crippen LogP contribution in [0.1, 0.15) is 11.5 Å². The summed E-state index contributed by atoms with van der Waals surface area (Å²) < 4.78 is 0. The highest BCUT2D eigenvalue weighted by Crippen LogP contribution is 2.21. The van der Waals surface area contributed by atoms with Crippen molar-refractivity contribution in [2.45, 2.75) is 5.94 Å². The summed E-state index contributed by atoms with van der Waals surface area (Å²) in [6.45, 7) is 0. The second-order valence-corrected chi connectivity index (χ2v) is 3.09. The molecule has 2 radical (unpaired) electrons. The molecule has 0 aromatic heterocycles. The van der Waals surface area contributed by atoms with Crippen LogP contribution >= 0.6 is 0 Å². The summed E-state index contributed by atoms with van der Waals surface area (Å²) in [6.07, 6.45) is 0. The van der Waals surface area contributed by atoms with Gasteiger partial charge in [0.15, 0.2) is 0 Å². The summed E-state index contributed by atoms with van der Waals surface area (Å²) >= 11 is 0. The molecule has 2 rings (SSSR count). The zero-order valence-electron chi connectivity index (χ0n) is 7.27. The first-order chi connectivity index (χ1) is 6.29. The van der Waals surface area contributed by atoms with Gasteiger partial charge < -0.3 is 5.73 Å². The molecule has 2 N–H and O–H groups in total. The fraction of sp³-hybridized carbons (Fsp3) is 0.0909. The van der Waals surface area contributed by atoms with E-state index in [1.54, 1.807) is 0 Å². The van der Waals surface area contributed by atoms with E-state index in [1.165, 1.54) is 5.39 Å². The highest BCUT2D eigenvalue weighted by molar-refractivity contribution is 6.13. The predicted molar refractivity (Wildman–Crippen MR) is 56.6 cm³/mol. The Kier molecular flexibility index (Phi) is 2.07. The van der Waals surface area contributed by atoms with Crippen LogP contribution in [-0.4, -0.2) is 7.85 Å². The minimum absolute atomic E-state index is 0.397. The van der Waals surface area contributed by atoms with Gasteiger partial charge in [0.2, 0.25) is 0 Å². The second kappa shape index (κ2) is 3.23. The minimum Gasteiger partial charge on any atom is -0.332 e. The van der Waals surface area contributed by atoms with Gasteiger partial charge in [0, 0.05) is 0 Å². The van der Waals surface area contributed by atoms with Crippen molar-refractivity contribution in [2.24, 2.45) is 5.73 Å².